The molecule has 0 fully saturated rings. The van der Waals surface area contributed by atoms with Gasteiger partial charge >= 0.3 is 0 Å². The lowest BCUT2D eigenvalue weighted by Crippen LogP contribution is -2.35. The lowest BCUT2D eigenvalue weighted by atomic mass is 10.1. The first kappa shape index (κ1) is 17.5. The smallest absolute Gasteiger partial charge is 0.253 e. The molecule has 0 spiro atoms. The second-order valence-corrected chi connectivity index (χ2v) is 5.26. The lowest BCUT2D eigenvalue weighted by Gasteiger charge is -2.18. The summed E-state index contributed by atoms with van der Waals surface area (Å²) in [6.07, 6.45) is 1.04. The van der Waals surface area contributed by atoms with Gasteiger partial charge in [-0.15, -0.1) is 0 Å². The van der Waals surface area contributed by atoms with E-state index in [1.54, 1.807) is 0 Å². The van der Waals surface area contributed by atoms with Gasteiger partial charge in [-0.25, -0.2) is 0 Å². The van der Waals surface area contributed by atoms with E-state index in [0.29, 0.717) is 6.54 Å². The van der Waals surface area contributed by atoms with E-state index >= 15 is 0 Å². The zero-order valence-electron chi connectivity index (χ0n) is 13.8. The number of benzene rings is 1. The number of anilines is 1. The minimum Gasteiger partial charge on any atom is -0.384 e. The van der Waals surface area contributed by atoms with Crippen LogP contribution in [0.4, 0.5) is 5.69 Å². The molecule has 0 aliphatic rings. The minimum atomic E-state index is 0.000703. The number of aryl methyl sites for hydroxylation is 1. The molecule has 0 aromatic heterocycles. The zero-order chi connectivity index (χ0) is 15.7. The molecule has 0 bridgehead atoms. The summed E-state index contributed by atoms with van der Waals surface area (Å²) >= 11 is 0. The Hall–Kier alpha value is -1.55. The van der Waals surface area contributed by atoms with E-state index < -0.39 is 0 Å². The van der Waals surface area contributed by atoms with Gasteiger partial charge in [-0.1, -0.05) is 26.8 Å². The largest absolute Gasteiger partial charge is 0.384 e. The van der Waals surface area contributed by atoms with Gasteiger partial charge in [-0.2, -0.15) is 0 Å². The Morgan fingerprint density at radius 3 is 2.48 bits per heavy atom. The standard InChI is InChI=1S/C17H29N3O/c1-5-10-18-16-13-14(4)8-9-15(16)17(21)19-11-12-20(6-2)7-3/h8-9,13,18H,5-7,10-12H2,1-4H3,(H,19,21). The van der Waals surface area contributed by atoms with Crippen LogP contribution in [0.1, 0.15) is 43.1 Å². The summed E-state index contributed by atoms with van der Waals surface area (Å²) in [7, 11) is 0. The van der Waals surface area contributed by atoms with E-state index in [0.717, 1.165) is 49.4 Å². The molecule has 1 aromatic carbocycles. The van der Waals surface area contributed by atoms with Crippen LogP contribution in [0.15, 0.2) is 18.2 Å². The van der Waals surface area contributed by atoms with Gasteiger partial charge < -0.3 is 15.5 Å². The maximum absolute atomic E-state index is 12.3. The minimum absolute atomic E-state index is 0.000703. The van der Waals surface area contributed by atoms with Crippen molar-refractivity contribution in [2.75, 3.05) is 38.0 Å². The first-order valence-corrected chi connectivity index (χ1v) is 7.97. The summed E-state index contributed by atoms with van der Waals surface area (Å²) in [5.41, 5.74) is 2.82. The highest BCUT2D eigenvalue weighted by molar-refractivity contribution is 5.99. The number of rotatable bonds is 9. The average Bonchev–Trinajstić information content (AvgIpc) is 2.49. The quantitative estimate of drug-likeness (QED) is 0.735. The van der Waals surface area contributed by atoms with Crippen LogP contribution < -0.4 is 10.6 Å². The predicted octanol–water partition coefficient (Wildman–Crippen LogP) is 2.89. The molecule has 0 aliphatic heterocycles. The lowest BCUT2D eigenvalue weighted by molar-refractivity contribution is 0.0949. The van der Waals surface area contributed by atoms with Crippen molar-refractivity contribution in [2.45, 2.75) is 34.1 Å². The number of hydrogen-bond donors (Lipinski definition) is 2. The fourth-order valence-corrected chi connectivity index (χ4v) is 2.22. The Balaban J connectivity index is 2.64. The van der Waals surface area contributed by atoms with Crippen LogP contribution in [0, 0.1) is 6.92 Å². The summed E-state index contributed by atoms with van der Waals surface area (Å²) in [5, 5.41) is 6.35. The van der Waals surface area contributed by atoms with Crippen LogP contribution in [0.5, 0.6) is 0 Å². The molecule has 4 nitrogen and oxygen atoms in total. The highest BCUT2D eigenvalue weighted by Gasteiger charge is 2.11. The summed E-state index contributed by atoms with van der Waals surface area (Å²) in [4.78, 5) is 14.6. The topological polar surface area (TPSA) is 44.4 Å². The predicted molar refractivity (Wildman–Crippen MR) is 90.1 cm³/mol. The maximum atomic E-state index is 12.3. The second-order valence-electron chi connectivity index (χ2n) is 5.26. The molecule has 1 aromatic rings. The van der Waals surface area contributed by atoms with E-state index in [1.165, 1.54) is 0 Å². The van der Waals surface area contributed by atoms with E-state index in [2.05, 4.69) is 36.3 Å². The summed E-state index contributed by atoms with van der Waals surface area (Å²) in [6.45, 7) is 12.9. The third-order valence-electron chi connectivity index (χ3n) is 3.59. The highest BCUT2D eigenvalue weighted by Crippen LogP contribution is 2.17. The van der Waals surface area contributed by atoms with Gasteiger partial charge in [0.15, 0.2) is 0 Å². The fourth-order valence-electron chi connectivity index (χ4n) is 2.22. The van der Waals surface area contributed by atoms with Crippen LogP contribution >= 0.6 is 0 Å². The van der Waals surface area contributed by atoms with Crippen molar-refractivity contribution in [1.29, 1.82) is 0 Å². The van der Waals surface area contributed by atoms with Crippen LogP contribution in [-0.4, -0.2) is 43.5 Å². The molecule has 0 radical (unpaired) electrons. The Morgan fingerprint density at radius 1 is 1.14 bits per heavy atom. The second kappa shape index (κ2) is 9.40. The summed E-state index contributed by atoms with van der Waals surface area (Å²) < 4.78 is 0. The molecular weight excluding hydrogens is 262 g/mol. The Morgan fingerprint density at radius 2 is 1.86 bits per heavy atom. The molecule has 0 aliphatic carbocycles. The van der Waals surface area contributed by atoms with Crippen molar-refractivity contribution >= 4 is 11.6 Å². The van der Waals surface area contributed by atoms with Crippen molar-refractivity contribution in [3.05, 3.63) is 29.3 Å². The first-order chi connectivity index (χ1) is 10.1. The van der Waals surface area contributed by atoms with Crippen LogP contribution in [0.3, 0.4) is 0 Å². The molecule has 4 heteroatoms. The maximum Gasteiger partial charge on any atom is 0.253 e. The van der Waals surface area contributed by atoms with E-state index in [1.807, 2.05) is 25.1 Å². The molecule has 21 heavy (non-hydrogen) atoms. The van der Waals surface area contributed by atoms with Gasteiger partial charge in [-0.3, -0.25) is 4.79 Å². The molecule has 0 heterocycles. The van der Waals surface area contributed by atoms with Gasteiger partial charge in [0.05, 0.1) is 5.56 Å². The molecule has 0 saturated carbocycles. The third-order valence-corrected chi connectivity index (χ3v) is 3.59. The van der Waals surface area contributed by atoms with Crippen molar-refractivity contribution in [3.63, 3.8) is 0 Å². The van der Waals surface area contributed by atoms with Crippen molar-refractivity contribution in [2.24, 2.45) is 0 Å². The van der Waals surface area contributed by atoms with E-state index in [4.69, 9.17) is 0 Å². The molecule has 0 saturated heterocycles. The van der Waals surface area contributed by atoms with E-state index in [-0.39, 0.29) is 5.91 Å². The highest BCUT2D eigenvalue weighted by atomic mass is 16.1. The number of likely N-dealkylation sites (N-methyl/N-ethyl adjacent to an activating group) is 1. The fraction of sp³-hybridized carbons (Fsp3) is 0.588. The van der Waals surface area contributed by atoms with Gasteiger partial charge in [0, 0.05) is 25.3 Å². The Labute approximate surface area is 128 Å². The van der Waals surface area contributed by atoms with Gasteiger partial charge in [-0.05, 0) is 44.1 Å². The Bertz CT molecular complexity index is 442. The average molecular weight is 291 g/mol. The van der Waals surface area contributed by atoms with Crippen molar-refractivity contribution in [1.82, 2.24) is 10.2 Å². The monoisotopic (exact) mass is 291 g/mol. The molecule has 0 atom stereocenters. The number of carbonyl (C=O) groups is 1. The van der Waals surface area contributed by atoms with Crippen molar-refractivity contribution in [3.8, 4) is 0 Å². The molecule has 2 N–H and O–H groups in total. The summed E-state index contributed by atoms with van der Waals surface area (Å²) in [6, 6.07) is 5.92. The molecular formula is C17H29N3O. The Kier molecular flexibility index (Phi) is 7.83. The zero-order valence-corrected chi connectivity index (χ0v) is 13.8. The summed E-state index contributed by atoms with van der Waals surface area (Å²) in [5.74, 6) is 0.000703. The SMILES string of the molecule is CCCNc1cc(C)ccc1C(=O)NCCN(CC)CC. The number of carbonyl (C=O) groups excluding carboxylic acids is 1. The number of amides is 1. The normalized spacial score (nSPS) is 10.7. The number of nitrogens with one attached hydrogen (secondary N) is 2. The molecule has 1 amide bonds. The van der Waals surface area contributed by atoms with Gasteiger partial charge in [0.1, 0.15) is 0 Å². The van der Waals surface area contributed by atoms with Crippen LogP contribution in [-0.2, 0) is 0 Å². The van der Waals surface area contributed by atoms with Crippen LogP contribution in [0.25, 0.3) is 0 Å². The molecule has 1 rings (SSSR count). The molecule has 0 unspecified atom stereocenters. The van der Waals surface area contributed by atoms with Gasteiger partial charge in [0.2, 0.25) is 0 Å². The molecule has 118 valence electrons. The number of hydrogen-bond acceptors (Lipinski definition) is 3. The number of nitrogens with zero attached hydrogens (tertiary/aromatic N) is 1. The third kappa shape index (κ3) is 5.76. The van der Waals surface area contributed by atoms with Gasteiger partial charge in [0.25, 0.3) is 5.91 Å². The van der Waals surface area contributed by atoms with E-state index in [9.17, 15) is 4.79 Å². The first-order valence-electron chi connectivity index (χ1n) is 7.97. The van der Waals surface area contributed by atoms with Crippen molar-refractivity contribution < 1.29 is 4.79 Å². The van der Waals surface area contributed by atoms with Crippen LogP contribution in [0.2, 0.25) is 0 Å².